The van der Waals surface area contributed by atoms with Crippen LogP contribution < -0.4 is 5.73 Å². The highest BCUT2D eigenvalue weighted by molar-refractivity contribution is 7.91. The maximum Gasteiger partial charge on any atom is 0.252 e. The number of aryl methyl sites for hydroxylation is 1. The SMILES string of the molecule is CCc1ccc(S(=O)(=O)N(C)CCCN)s1. The topological polar surface area (TPSA) is 63.4 Å². The van der Waals surface area contributed by atoms with Gasteiger partial charge in [-0.05, 0) is 31.5 Å². The molecule has 0 radical (unpaired) electrons. The van der Waals surface area contributed by atoms with Gasteiger partial charge in [0, 0.05) is 18.5 Å². The van der Waals surface area contributed by atoms with Crippen LogP contribution in [0.2, 0.25) is 0 Å². The Bertz CT molecular complexity index is 426. The normalized spacial score (nSPS) is 12.2. The van der Waals surface area contributed by atoms with Crippen LogP contribution in [0.1, 0.15) is 18.2 Å². The molecule has 1 aromatic rings. The number of rotatable bonds is 6. The van der Waals surface area contributed by atoms with E-state index in [-0.39, 0.29) is 0 Å². The Labute approximate surface area is 101 Å². The molecular weight excluding hydrogens is 244 g/mol. The number of nitrogens with zero attached hydrogens (tertiary/aromatic N) is 1. The largest absolute Gasteiger partial charge is 0.330 e. The molecule has 0 aliphatic carbocycles. The molecule has 0 aromatic carbocycles. The van der Waals surface area contributed by atoms with Crippen molar-refractivity contribution < 1.29 is 8.42 Å². The van der Waals surface area contributed by atoms with Gasteiger partial charge in [0.15, 0.2) is 0 Å². The molecule has 0 aliphatic rings. The molecule has 0 saturated heterocycles. The van der Waals surface area contributed by atoms with Crippen LogP contribution in [0.4, 0.5) is 0 Å². The van der Waals surface area contributed by atoms with Gasteiger partial charge in [0.05, 0.1) is 0 Å². The molecule has 0 spiro atoms. The molecule has 1 rings (SSSR count). The van der Waals surface area contributed by atoms with Gasteiger partial charge in [0.1, 0.15) is 4.21 Å². The molecule has 6 heteroatoms. The quantitative estimate of drug-likeness (QED) is 0.840. The molecule has 1 heterocycles. The lowest BCUT2D eigenvalue weighted by Gasteiger charge is -2.15. The first-order valence-electron chi connectivity index (χ1n) is 5.27. The molecule has 0 aliphatic heterocycles. The molecule has 0 bridgehead atoms. The van der Waals surface area contributed by atoms with Gasteiger partial charge in [-0.2, -0.15) is 0 Å². The summed E-state index contributed by atoms with van der Waals surface area (Å²) in [5.74, 6) is 0. The van der Waals surface area contributed by atoms with Gasteiger partial charge in [0.25, 0.3) is 10.0 Å². The second-order valence-electron chi connectivity index (χ2n) is 3.54. The molecule has 2 N–H and O–H groups in total. The van der Waals surface area contributed by atoms with E-state index in [9.17, 15) is 8.42 Å². The van der Waals surface area contributed by atoms with Crippen molar-refractivity contribution in [2.75, 3.05) is 20.1 Å². The Morgan fingerprint density at radius 2 is 2.12 bits per heavy atom. The van der Waals surface area contributed by atoms with Gasteiger partial charge < -0.3 is 5.73 Å². The minimum absolute atomic E-state index is 0.420. The van der Waals surface area contributed by atoms with Crippen molar-refractivity contribution in [3.63, 3.8) is 0 Å². The molecular formula is C10H18N2O2S2. The lowest BCUT2D eigenvalue weighted by molar-refractivity contribution is 0.465. The molecule has 0 unspecified atom stereocenters. The molecule has 16 heavy (non-hydrogen) atoms. The summed E-state index contributed by atoms with van der Waals surface area (Å²) in [7, 11) is -1.71. The van der Waals surface area contributed by atoms with Crippen LogP contribution in [0, 0.1) is 0 Å². The number of nitrogens with two attached hydrogens (primary N) is 1. The fourth-order valence-corrected chi connectivity index (χ4v) is 3.99. The lowest BCUT2D eigenvalue weighted by Crippen LogP contribution is -2.28. The highest BCUT2D eigenvalue weighted by atomic mass is 32.2. The van der Waals surface area contributed by atoms with Crippen molar-refractivity contribution in [2.45, 2.75) is 24.0 Å². The Morgan fingerprint density at radius 1 is 1.44 bits per heavy atom. The van der Waals surface area contributed by atoms with E-state index >= 15 is 0 Å². The number of hydrogen-bond donors (Lipinski definition) is 1. The van der Waals surface area contributed by atoms with E-state index in [1.165, 1.54) is 15.6 Å². The van der Waals surface area contributed by atoms with Crippen molar-refractivity contribution in [3.05, 3.63) is 17.0 Å². The second-order valence-corrected chi connectivity index (χ2v) is 6.98. The van der Waals surface area contributed by atoms with E-state index in [2.05, 4.69) is 0 Å². The van der Waals surface area contributed by atoms with Gasteiger partial charge in [0.2, 0.25) is 0 Å². The maximum absolute atomic E-state index is 12.1. The average Bonchev–Trinajstić information content (AvgIpc) is 2.74. The van der Waals surface area contributed by atoms with E-state index in [1.807, 2.05) is 13.0 Å². The average molecular weight is 262 g/mol. The van der Waals surface area contributed by atoms with Crippen molar-refractivity contribution in [1.82, 2.24) is 4.31 Å². The Hall–Kier alpha value is -0.430. The number of thiophene rings is 1. The van der Waals surface area contributed by atoms with Crippen LogP contribution in [-0.4, -0.2) is 32.9 Å². The Balaban J connectivity index is 2.84. The summed E-state index contributed by atoms with van der Waals surface area (Å²) < 4.78 is 25.9. The third-order valence-electron chi connectivity index (χ3n) is 2.33. The predicted octanol–water partition coefficient (Wildman–Crippen LogP) is 1.28. The third-order valence-corrected chi connectivity index (χ3v) is 5.88. The molecule has 0 atom stereocenters. The zero-order chi connectivity index (χ0) is 12.2. The van der Waals surface area contributed by atoms with E-state index in [1.54, 1.807) is 13.1 Å². The molecule has 0 saturated carbocycles. The minimum atomic E-state index is -3.30. The number of sulfonamides is 1. The van der Waals surface area contributed by atoms with E-state index in [0.29, 0.717) is 23.7 Å². The monoisotopic (exact) mass is 262 g/mol. The first-order chi connectivity index (χ1) is 7.52. The summed E-state index contributed by atoms with van der Waals surface area (Å²) in [6.07, 6.45) is 1.55. The third kappa shape index (κ3) is 3.04. The van der Waals surface area contributed by atoms with Crippen LogP contribution in [0.5, 0.6) is 0 Å². The van der Waals surface area contributed by atoms with E-state index in [4.69, 9.17) is 5.73 Å². The van der Waals surface area contributed by atoms with Gasteiger partial charge in [-0.3, -0.25) is 0 Å². The zero-order valence-electron chi connectivity index (χ0n) is 9.64. The first kappa shape index (κ1) is 13.6. The van der Waals surface area contributed by atoms with Crippen molar-refractivity contribution in [3.8, 4) is 0 Å². The van der Waals surface area contributed by atoms with Gasteiger partial charge >= 0.3 is 0 Å². The van der Waals surface area contributed by atoms with Crippen LogP contribution >= 0.6 is 11.3 Å². The molecule has 4 nitrogen and oxygen atoms in total. The van der Waals surface area contributed by atoms with Gasteiger partial charge in [-0.15, -0.1) is 11.3 Å². The van der Waals surface area contributed by atoms with Gasteiger partial charge in [-0.1, -0.05) is 6.92 Å². The van der Waals surface area contributed by atoms with Crippen LogP contribution in [-0.2, 0) is 16.4 Å². The molecule has 92 valence electrons. The molecule has 0 amide bonds. The summed E-state index contributed by atoms with van der Waals surface area (Å²) in [4.78, 5) is 1.09. The Kier molecular flexibility index (Phi) is 4.91. The van der Waals surface area contributed by atoms with Crippen molar-refractivity contribution in [2.24, 2.45) is 5.73 Å². The zero-order valence-corrected chi connectivity index (χ0v) is 11.3. The molecule has 0 fully saturated rings. The molecule has 1 aromatic heterocycles. The summed E-state index contributed by atoms with van der Waals surface area (Å²) in [5, 5.41) is 0. The van der Waals surface area contributed by atoms with Crippen molar-refractivity contribution in [1.29, 1.82) is 0 Å². The smallest absolute Gasteiger partial charge is 0.252 e. The second kappa shape index (κ2) is 5.77. The predicted molar refractivity (Wildman–Crippen MR) is 67.2 cm³/mol. The van der Waals surface area contributed by atoms with Crippen LogP contribution in [0.3, 0.4) is 0 Å². The highest BCUT2D eigenvalue weighted by Crippen LogP contribution is 2.24. The van der Waals surface area contributed by atoms with Crippen LogP contribution in [0.25, 0.3) is 0 Å². The van der Waals surface area contributed by atoms with Gasteiger partial charge in [-0.25, -0.2) is 12.7 Å². The lowest BCUT2D eigenvalue weighted by atomic mass is 10.4. The fourth-order valence-electron chi connectivity index (χ4n) is 1.27. The standard InChI is InChI=1S/C10H18N2O2S2/c1-3-9-5-6-10(15-9)16(13,14)12(2)8-4-7-11/h5-6H,3-4,7-8,11H2,1-2H3. The maximum atomic E-state index is 12.1. The summed E-state index contributed by atoms with van der Waals surface area (Å²) in [5.41, 5.74) is 5.37. The fraction of sp³-hybridized carbons (Fsp3) is 0.600. The van der Waals surface area contributed by atoms with Crippen LogP contribution in [0.15, 0.2) is 16.3 Å². The van der Waals surface area contributed by atoms with E-state index in [0.717, 1.165) is 11.3 Å². The summed E-state index contributed by atoms with van der Waals surface area (Å²) in [6, 6.07) is 3.55. The summed E-state index contributed by atoms with van der Waals surface area (Å²) in [6.45, 7) is 2.99. The van der Waals surface area contributed by atoms with Crippen molar-refractivity contribution >= 4 is 21.4 Å². The minimum Gasteiger partial charge on any atom is -0.330 e. The Morgan fingerprint density at radius 3 is 2.62 bits per heavy atom. The van der Waals surface area contributed by atoms with E-state index < -0.39 is 10.0 Å². The highest BCUT2D eigenvalue weighted by Gasteiger charge is 2.21. The first-order valence-corrected chi connectivity index (χ1v) is 7.53. The summed E-state index contributed by atoms with van der Waals surface area (Å²) >= 11 is 1.34. The number of hydrogen-bond acceptors (Lipinski definition) is 4.